The minimum absolute atomic E-state index is 0.0168. The highest BCUT2D eigenvalue weighted by atomic mass is 35.5. The van der Waals surface area contributed by atoms with Crippen LogP contribution < -0.4 is 11.1 Å². The number of hydrogen-bond acceptors (Lipinski definition) is 5. The Morgan fingerprint density at radius 2 is 1.96 bits per heavy atom. The molecule has 1 saturated heterocycles. The highest BCUT2D eigenvalue weighted by molar-refractivity contribution is 6.29. The molecule has 1 aliphatic heterocycles. The third kappa shape index (κ3) is 4.81. The predicted octanol–water partition coefficient (Wildman–Crippen LogP) is 4.23. The SMILES string of the molecule is CN1CCCC(CNc2cc(Cl)nc(N)n2)C1c1ccc(C(F)(F)F)cc1. The maximum absolute atomic E-state index is 12.8. The number of nitrogens with zero attached hydrogens (tertiary/aromatic N) is 3. The third-order valence-corrected chi connectivity index (χ3v) is 5.04. The molecule has 146 valence electrons. The number of halogens is 4. The van der Waals surface area contributed by atoms with E-state index in [-0.39, 0.29) is 23.1 Å². The van der Waals surface area contributed by atoms with E-state index >= 15 is 0 Å². The van der Waals surface area contributed by atoms with E-state index in [1.807, 2.05) is 7.05 Å². The van der Waals surface area contributed by atoms with E-state index < -0.39 is 11.7 Å². The van der Waals surface area contributed by atoms with Crippen molar-refractivity contribution in [1.29, 1.82) is 0 Å². The van der Waals surface area contributed by atoms with Crippen molar-refractivity contribution in [1.82, 2.24) is 14.9 Å². The molecule has 0 radical (unpaired) electrons. The minimum atomic E-state index is -4.33. The van der Waals surface area contributed by atoms with Crippen molar-refractivity contribution >= 4 is 23.4 Å². The van der Waals surface area contributed by atoms with E-state index in [9.17, 15) is 13.2 Å². The molecule has 9 heteroatoms. The molecule has 0 bridgehead atoms. The van der Waals surface area contributed by atoms with Gasteiger partial charge in [0, 0.05) is 18.7 Å². The molecule has 1 aliphatic rings. The number of piperidine rings is 1. The van der Waals surface area contributed by atoms with Gasteiger partial charge >= 0.3 is 6.18 Å². The van der Waals surface area contributed by atoms with Crippen molar-refractivity contribution in [2.45, 2.75) is 25.1 Å². The lowest BCUT2D eigenvalue weighted by molar-refractivity contribution is -0.137. The summed E-state index contributed by atoms with van der Waals surface area (Å²) in [4.78, 5) is 10.1. The fourth-order valence-electron chi connectivity index (χ4n) is 3.63. The molecule has 0 spiro atoms. The fourth-order valence-corrected chi connectivity index (χ4v) is 3.82. The Bertz CT molecular complexity index is 761. The third-order valence-electron chi connectivity index (χ3n) is 4.84. The molecule has 2 unspecified atom stereocenters. The molecule has 3 rings (SSSR count). The summed E-state index contributed by atoms with van der Waals surface area (Å²) in [7, 11) is 1.99. The second kappa shape index (κ2) is 7.90. The highest BCUT2D eigenvalue weighted by Gasteiger charge is 2.33. The van der Waals surface area contributed by atoms with Gasteiger partial charge in [-0.2, -0.15) is 18.2 Å². The molecule has 27 heavy (non-hydrogen) atoms. The van der Waals surface area contributed by atoms with Gasteiger partial charge in [0.25, 0.3) is 0 Å². The standard InChI is InChI=1S/C18H21ClF3N5/c1-27-8-2-3-12(10-24-15-9-14(19)25-17(23)26-15)16(27)11-4-6-13(7-5-11)18(20,21)22/h4-7,9,12,16H,2-3,8,10H2,1H3,(H3,23,24,25,26). The molecule has 0 aliphatic carbocycles. The Morgan fingerprint density at radius 1 is 1.26 bits per heavy atom. The van der Waals surface area contributed by atoms with Crippen molar-refractivity contribution in [3.63, 3.8) is 0 Å². The molecule has 2 aromatic rings. The van der Waals surface area contributed by atoms with E-state index in [1.165, 1.54) is 0 Å². The zero-order chi connectivity index (χ0) is 19.6. The summed E-state index contributed by atoms with van der Waals surface area (Å²) in [5.74, 6) is 0.826. The Labute approximate surface area is 160 Å². The zero-order valence-electron chi connectivity index (χ0n) is 14.8. The van der Waals surface area contributed by atoms with Gasteiger partial charge in [0.15, 0.2) is 0 Å². The molecule has 0 amide bonds. The molecule has 1 aromatic carbocycles. The van der Waals surface area contributed by atoms with E-state index in [1.54, 1.807) is 18.2 Å². The molecule has 2 atom stereocenters. The average Bonchev–Trinajstić information content (AvgIpc) is 2.58. The van der Waals surface area contributed by atoms with Gasteiger partial charge in [-0.15, -0.1) is 0 Å². The smallest absolute Gasteiger partial charge is 0.370 e. The van der Waals surface area contributed by atoms with Crippen molar-refractivity contribution in [2.75, 3.05) is 31.2 Å². The van der Waals surface area contributed by atoms with Crippen LogP contribution in [0, 0.1) is 5.92 Å². The van der Waals surface area contributed by atoms with E-state index in [4.69, 9.17) is 17.3 Å². The summed E-state index contributed by atoms with van der Waals surface area (Å²) in [5.41, 5.74) is 5.85. The number of nitrogens with two attached hydrogens (primary N) is 1. The summed E-state index contributed by atoms with van der Waals surface area (Å²) in [6.07, 6.45) is -2.35. The molecular weight excluding hydrogens is 379 g/mol. The van der Waals surface area contributed by atoms with Crippen LogP contribution in [0.3, 0.4) is 0 Å². The van der Waals surface area contributed by atoms with E-state index in [0.717, 1.165) is 37.1 Å². The van der Waals surface area contributed by atoms with Gasteiger partial charge in [-0.1, -0.05) is 23.7 Å². The van der Waals surface area contributed by atoms with Crippen molar-refractivity contribution in [3.05, 3.63) is 46.6 Å². The van der Waals surface area contributed by atoms with Gasteiger partial charge < -0.3 is 11.1 Å². The monoisotopic (exact) mass is 399 g/mol. The largest absolute Gasteiger partial charge is 0.416 e. The number of hydrogen-bond donors (Lipinski definition) is 2. The Hall–Kier alpha value is -2.06. The molecular formula is C18H21ClF3N5. The average molecular weight is 400 g/mol. The van der Waals surface area contributed by atoms with Crippen LogP contribution in [0.4, 0.5) is 24.9 Å². The second-order valence-electron chi connectivity index (χ2n) is 6.76. The number of aromatic nitrogens is 2. The van der Waals surface area contributed by atoms with Gasteiger partial charge in [0.1, 0.15) is 11.0 Å². The fraction of sp³-hybridized carbons (Fsp3) is 0.444. The van der Waals surface area contributed by atoms with Gasteiger partial charge in [0.05, 0.1) is 5.56 Å². The van der Waals surface area contributed by atoms with Crippen LogP contribution in [0.15, 0.2) is 30.3 Å². The quantitative estimate of drug-likeness (QED) is 0.753. The summed E-state index contributed by atoms with van der Waals surface area (Å²) >= 11 is 5.90. The topological polar surface area (TPSA) is 67.1 Å². The van der Waals surface area contributed by atoms with Crippen molar-refractivity contribution < 1.29 is 13.2 Å². The van der Waals surface area contributed by atoms with Crippen LogP contribution in [-0.2, 0) is 6.18 Å². The molecule has 1 aromatic heterocycles. The number of nitrogens with one attached hydrogen (secondary N) is 1. The first kappa shape index (κ1) is 19.7. The van der Waals surface area contributed by atoms with Gasteiger partial charge in [-0.3, -0.25) is 4.90 Å². The van der Waals surface area contributed by atoms with Crippen LogP contribution in [0.1, 0.15) is 30.0 Å². The Balaban J connectivity index is 1.76. The maximum atomic E-state index is 12.8. The number of rotatable bonds is 4. The van der Waals surface area contributed by atoms with Crippen LogP contribution in [0.2, 0.25) is 5.15 Å². The van der Waals surface area contributed by atoms with Crippen LogP contribution >= 0.6 is 11.6 Å². The minimum Gasteiger partial charge on any atom is -0.370 e. The van der Waals surface area contributed by atoms with Gasteiger partial charge in [-0.25, -0.2) is 4.98 Å². The summed E-state index contributed by atoms with van der Waals surface area (Å²) < 4.78 is 38.5. The number of alkyl halides is 3. The Kier molecular flexibility index (Phi) is 5.76. The molecule has 1 fully saturated rings. The lowest BCUT2D eigenvalue weighted by Gasteiger charge is -2.40. The summed E-state index contributed by atoms with van der Waals surface area (Å²) in [5, 5.41) is 3.48. The van der Waals surface area contributed by atoms with Crippen LogP contribution in [-0.4, -0.2) is 35.0 Å². The first-order valence-electron chi connectivity index (χ1n) is 8.65. The summed E-state index contributed by atoms with van der Waals surface area (Å²) in [6, 6.07) is 7.05. The normalized spacial score (nSPS) is 21.2. The van der Waals surface area contributed by atoms with E-state index in [0.29, 0.717) is 12.4 Å². The first-order chi connectivity index (χ1) is 12.7. The van der Waals surface area contributed by atoms with Crippen LogP contribution in [0.25, 0.3) is 0 Å². The second-order valence-corrected chi connectivity index (χ2v) is 7.15. The molecule has 0 saturated carbocycles. The number of nitrogen functional groups attached to an aromatic ring is 1. The number of likely N-dealkylation sites (tertiary alicyclic amines) is 1. The lowest BCUT2D eigenvalue weighted by Crippen LogP contribution is -2.39. The first-order valence-corrected chi connectivity index (χ1v) is 9.03. The van der Waals surface area contributed by atoms with Crippen molar-refractivity contribution in [2.24, 2.45) is 5.92 Å². The maximum Gasteiger partial charge on any atom is 0.416 e. The number of benzene rings is 1. The van der Waals surface area contributed by atoms with Gasteiger partial charge in [0.2, 0.25) is 5.95 Å². The molecule has 3 N–H and O–H groups in total. The van der Waals surface area contributed by atoms with Gasteiger partial charge in [-0.05, 0) is 50.0 Å². The lowest BCUT2D eigenvalue weighted by atomic mass is 9.84. The Morgan fingerprint density at radius 3 is 2.59 bits per heavy atom. The van der Waals surface area contributed by atoms with E-state index in [2.05, 4.69) is 20.2 Å². The predicted molar refractivity (Wildman–Crippen MR) is 99.5 cm³/mol. The molecule has 5 nitrogen and oxygen atoms in total. The zero-order valence-corrected chi connectivity index (χ0v) is 15.6. The molecule has 2 heterocycles. The number of anilines is 2. The highest BCUT2D eigenvalue weighted by Crippen LogP contribution is 2.37. The summed E-state index contributed by atoms with van der Waals surface area (Å²) in [6.45, 7) is 1.50. The van der Waals surface area contributed by atoms with Crippen molar-refractivity contribution in [3.8, 4) is 0 Å². The van der Waals surface area contributed by atoms with Crippen LogP contribution in [0.5, 0.6) is 0 Å².